The Bertz CT molecular complexity index is 860. The Balaban J connectivity index is 1.51. The van der Waals surface area contributed by atoms with E-state index in [1.807, 2.05) is 36.6 Å². The third-order valence-electron chi connectivity index (χ3n) is 3.74. The first-order valence-corrected chi connectivity index (χ1v) is 9.63. The Labute approximate surface area is 161 Å². The van der Waals surface area contributed by atoms with Gasteiger partial charge in [0.1, 0.15) is 10.8 Å². The molecule has 26 heavy (non-hydrogen) atoms. The van der Waals surface area contributed by atoms with E-state index in [1.54, 1.807) is 35.6 Å². The first-order chi connectivity index (χ1) is 12.7. The van der Waals surface area contributed by atoms with Gasteiger partial charge in [0.15, 0.2) is 0 Å². The molecule has 0 radical (unpaired) electrons. The van der Waals surface area contributed by atoms with Crippen LogP contribution in [0.2, 0.25) is 5.02 Å². The normalized spacial score (nSPS) is 10.5. The van der Waals surface area contributed by atoms with Gasteiger partial charge in [0, 0.05) is 34.5 Å². The van der Waals surface area contributed by atoms with Crippen LogP contribution in [0.15, 0.2) is 53.9 Å². The summed E-state index contributed by atoms with van der Waals surface area (Å²) in [5.74, 6) is 0.669. The molecule has 0 atom stereocenters. The van der Waals surface area contributed by atoms with Crippen molar-refractivity contribution >= 4 is 28.8 Å². The smallest absolute Gasteiger partial charge is 0.251 e. The van der Waals surface area contributed by atoms with Crippen molar-refractivity contribution in [2.75, 3.05) is 13.2 Å². The van der Waals surface area contributed by atoms with E-state index >= 15 is 0 Å². The summed E-state index contributed by atoms with van der Waals surface area (Å²) in [6.45, 7) is 3.07. The lowest BCUT2D eigenvalue weighted by molar-refractivity contribution is 0.0954. The number of carbonyl (C=O) groups is 1. The molecule has 0 unspecified atom stereocenters. The Kier molecular flexibility index (Phi) is 6.26. The van der Waals surface area contributed by atoms with Gasteiger partial charge in [-0.3, -0.25) is 4.79 Å². The maximum atomic E-state index is 12.2. The monoisotopic (exact) mass is 386 g/mol. The summed E-state index contributed by atoms with van der Waals surface area (Å²) in [7, 11) is 0. The van der Waals surface area contributed by atoms with Gasteiger partial charge in [0.2, 0.25) is 0 Å². The number of benzene rings is 2. The summed E-state index contributed by atoms with van der Waals surface area (Å²) in [4.78, 5) is 16.8. The molecule has 3 aromatic rings. The highest BCUT2D eigenvalue weighted by molar-refractivity contribution is 7.13. The average Bonchev–Trinajstić information content (AvgIpc) is 3.12. The van der Waals surface area contributed by atoms with Gasteiger partial charge in [-0.1, -0.05) is 23.7 Å². The van der Waals surface area contributed by atoms with E-state index in [0.717, 1.165) is 22.0 Å². The summed E-state index contributed by atoms with van der Waals surface area (Å²) < 4.78 is 5.38. The van der Waals surface area contributed by atoms with Crippen molar-refractivity contribution < 1.29 is 9.53 Å². The van der Waals surface area contributed by atoms with Gasteiger partial charge in [0.25, 0.3) is 5.91 Å². The van der Waals surface area contributed by atoms with E-state index < -0.39 is 0 Å². The highest BCUT2D eigenvalue weighted by Crippen LogP contribution is 2.25. The highest BCUT2D eigenvalue weighted by atomic mass is 35.5. The molecule has 0 aliphatic rings. The van der Waals surface area contributed by atoms with Crippen LogP contribution in [0, 0.1) is 0 Å². The number of amides is 1. The summed E-state index contributed by atoms with van der Waals surface area (Å²) in [5.41, 5.74) is 2.63. The number of thiazole rings is 1. The maximum Gasteiger partial charge on any atom is 0.251 e. The number of rotatable bonds is 7. The molecular formula is C20H19ClN2O2S. The van der Waals surface area contributed by atoms with Crippen LogP contribution >= 0.6 is 22.9 Å². The number of aromatic nitrogens is 1. The number of halogens is 1. The van der Waals surface area contributed by atoms with Crippen molar-refractivity contribution in [3.63, 3.8) is 0 Å². The van der Waals surface area contributed by atoms with Crippen LogP contribution in [-0.4, -0.2) is 24.0 Å². The van der Waals surface area contributed by atoms with Crippen LogP contribution < -0.4 is 10.1 Å². The Morgan fingerprint density at radius 1 is 1.15 bits per heavy atom. The molecule has 1 aromatic heterocycles. The van der Waals surface area contributed by atoms with Crippen LogP contribution in [0.5, 0.6) is 5.75 Å². The lowest BCUT2D eigenvalue weighted by atomic mass is 10.2. The number of nitrogens with one attached hydrogen (secondary N) is 1. The SMILES string of the molecule is CCOc1ccc(C(=O)NCCc2csc(-c3ccc(Cl)cc3)n2)cc1. The highest BCUT2D eigenvalue weighted by Gasteiger charge is 2.08. The first kappa shape index (κ1) is 18.4. The molecule has 0 saturated heterocycles. The molecular weight excluding hydrogens is 368 g/mol. The molecule has 1 N–H and O–H groups in total. The van der Waals surface area contributed by atoms with Gasteiger partial charge in [-0.15, -0.1) is 11.3 Å². The molecule has 134 valence electrons. The van der Waals surface area contributed by atoms with Crippen molar-refractivity contribution in [3.05, 3.63) is 70.2 Å². The zero-order valence-electron chi connectivity index (χ0n) is 14.4. The van der Waals surface area contributed by atoms with E-state index in [-0.39, 0.29) is 5.91 Å². The molecule has 6 heteroatoms. The van der Waals surface area contributed by atoms with Gasteiger partial charge in [-0.2, -0.15) is 0 Å². The fourth-order valence-corrected chi connectivity index (χ4v) is 3.41. The van der Waals surface area contributed by atoms with Crippen LogP contribution in [0.4, 0.5) is 0 Å². The standard InChI is InChI=1S/C20H19ClN2O2S/c1-2-25-18-9-5-14(6-10-18)19(24)22-12-11-17-13-26-20(23-17)15-3-7-16(21)8-4-15/h3-10,13H,2,11-12H2,1H3,(H,22,24). The molecule has 1 heterocycles. The van der Waals surface area contributed by atoms with Crippen molar-refractivity contribution in [1.29, 1.82) is 0 Å². The molecule has 4 nitrogen and oxygen atoms in total. The second-order valence-electron chi connectivity index (χ2n) is 5.61. The van der Waals surface area contributed by atoms with E-state index in [1.165, 1.54) is 0 Å². The lowest BCUT2D eigenvalue weighted by Crippen LogP contribution is -2.25. The number of hydrogen-bond donors (Lipinski definition) is 1. The van der Waals surface area contributed by atoms with Crippen molar-refractivity contribution in [2.24, 2.45) is 0 Å². The predicted molar refractivity (Wildman–Crippen MR) is 106 cm³/mol. The molecule has 0 aliphatic carbocycles. The molecule has 2 aromatic carbocycles. The minimum Gasteiger partial charge on any atom is -0.494 e. The summed E-state index contributed by atoms with van der Waals surface area (Å²) >= 11 is 7.50. The molecule has 3 rings (SSSR count). The molecule has 1 amide bonds. The van der Waals surface area contributed by atoms with Crippen molar-refractivity contribution in [1.82, 2.24) is 10.3 Å². The topological polar surface area (TPSA) is 51.2 Å². The second-order valence-corrected chi connectivity index (χ2v) is 6.91. The maximum absolute atomic E-state index is 12.2. The third kappa shape index (κ3) is 4.84. The quantitative estimate of drug-likeness (QED) is 0.632. The molecule has 0 bridgehead atoms. The fourth-order valence-electron chi connectivity index (χ4n) is 2.42. The average molecular weight is 387 g/mol. The number of ether oxygens (including phenoxy) is 1. The molecule has 0 spiro atoms. The molecule has 0 saturated carbocycles. The molecule has 0 fully saturated rings. The van der Waals surface area contributed by atoms with E-state index in [9.17, 15) is 4.79 Å². The minimum absolute atomic E-state index is 0.0961. The van der Waals surface area contributed by atoms with Crippen LogP contribution in [0.25, 0.3) is 10.6 Å². The zero-order valence-corrected chi connectivity index (χ0v) is 15.9. The van der Waals surface area contributed by atoms with Crippen LogP contribution in [0.3, 0.4) is 0 Å². The lowest BCUT2D eigenvalue weighted by Gasteiger charge is -2.06. The van der Waals surface area contributed by atoms with Gasteiger partial charge in [0.05, 0.1) is 12.3 Å². The Hall–Kier alpha value is -2.37. The van der Waals surface area contributed by atoms with Crippen molar-refractivity contribution in [3.8, 4) is 16.3 Å². The van der Waals surface area contributed by atoms with E-state index in [2.05, 4.69) is 10.3 Å². The number of hydrogen-bond acceptors (Lipinski definition) is 4. The summed E-state index contributed by atoms with van der Waals surface area (Å²) in [6.07, 6.45) is 0.687. The van der Waals surface area contributed by atoms with Gasteiger partial charge in [-0.05, 0) is 43.3 Å². The van der Waals surface area contributed by atoms with E-state index in [0.29, 0.717) is 30.2 Å². The summed E-state index contributed by atoms with van der Waals surface area (Å²) in [5, 5.41) is 6.61. The zero-order chi connectivity index (χ0) is 18.4. The van der Waals surface area contributed by atoms with Crippen molar-refractivity contribution in [2.45, 2.75) is 13.3 Å². The third-order valence-corrected chi connectivity index (χ3v) is 4.93. The first-order valence-electron chi connectivity index (χ1n) is 8.37. The fraction of sp³-hybridized carbons (Fsp3) is 0.200. The van der Waals surface area contributed by atoms with Gasteiger partial charge >= 0.3 is 0 Å². The Morgan fingerprint density at radius 3 is 2.58 bits per heavy atom. The molecule has 0 aliphatic heterocycles. The van der Waals surface area contributed by atoms with Crippen LogP contribution in [-0.2, 0) is 6.42 Å². The number of carbonyl (C=O) groups excluding carboxylic acids is 1. The number of nitrogens with zero attached hydrogens (tertiary/aromatic N) is 1. The minimum atomic E-state index is -0.0961. The van der Waals surface area contributed by atoms with Gasteiger partial charge < -0.3 is 10.1 Å². The van der Waals surface area contributed by atoms with Crippen LogP contribution in [0.1, 0.15) is 23.0 Å². The predicted octanol–water partition coefficient (Wildman–Crippen LogP) is 4.83. The van der Waals surface area contributed by atoms with Gasteiger partial charge in [-0.25, -0.2) is 4.98 Å². The largest absolute Gasteiger partial charge is 0.494 e. The summed E-state index contributed by atoms with van der Waals surface area (Å²) in [6, 6.07) is 14.8. The second kappa shape index (κ2) is 8.83. The Morgan fingerprint density at radius 2 is 1.88 bits per heavy atom. The van der Waals surface area contributed by atoms with E-state index in [4.69, 9.17) is 16.3 Å².